The molecule has 1 aromatic carbocycles. The van der Waals surface area contributed by atoms with Crippen molar-refractivity contribution in [3.63, 3.8) is 0 Å². The Morgan fingerprint density at radius 3 is 2.36 bits per heavy atom. The Bertz CT molecular complexity index is 243. The molecular formula is C12H19NS. The van der Waals surface area contributed by atoms with Gasteiger partial charge < -0.3 is 5.32 Å². The van der Waals surface area contributed by atoms with E-state index in [1.807, 2.05) is 0 Å². The van der Waals surface area contributed by atoms with Gasteiger partial charge >= 0.3 is 0 Å². The van der Waals surface area contributed by atoms with E-state index in [9.17, 15) is 0 Å². The van der Waals surface area contributed by atoms with Gasteiger partial charge in [0.2, 0.25) is 0 Å². The summed E-state index contributed by atoms with van der Waals surface area (Å²) in [5, 5.41) is 3.39. The van der Waals surface area contributed by atoms with Gasteiger partial charge in [0.1, 0.15) is 0 Å². The van der Waals surface area contributed by atoms with Gasteiger partial charge in [-0.15, -0.1) is 0 Å². The molecule has 0 atom stereocenters. The van der Waals surface area contributed by atoms with Crippen molar-refractivity contribution in [3.05, 3.63) is 35.4 Å². The molecule has 0 saturated heterocycles. The summed E-state index contributed by atoms with van der Waals surface area (Å²) in [4.78, 5) is 0. The first-order chi connectivity index (χ1) is 6.86. The van der Waals surface area contributed by atoms with Crippen LogP contribution in [0.4, 0.5) is 0 Å². The van der Waals surface area contributed by atoms with E-state index in [-0.39, 0.29) is 0 Å². The fraction of sp³-hybridized carbons (Fsp3) is 0.500. The van der Waals surface area contributed by atoms with Crippen molar-refractivity contribution in [2.24, 2.45) is 0 Å². The summed E-state index contributed by atoms with van der Waals surface area (Å²) in [7, 11) is 0. The number of benzene rings is 1. The molecule has 0 bridgehead atoms. The summed E-state index contributed by atoms with van der Waals surface area (Å²) in [5.41, 5.74) is 2.77. The quantitative estimate of drug-likeness (QED) is 0.542. The molecule has 1 rings (SSSR count). The number of hydrogen-bond donors (Lipinski definition) is 2. The standard InChI is InChI=1S/C12H19NS/c1-2-11-4-6-12(7-5-11)10-13-8-3-9-14/h4-7,13-14H,2-3,8-10H2,1H3. The van der Waals surface area contributed by atoms with E-state index in [4.69, 9.17) is 0 Å². The summed E-state index contributed by atoms with van der Waals surface area (Å²) in [6.45, 7) is 4.21. The van der Waals surface area contributed by atoms with E-state index < -0.39 is 0 Å². The summed E-state index contributed by atoms with van der Waals surface area (Å²) in [6.07, 6.45) is 2.25. The highest BCUT2D eigenvalue weighted by atomic mass is 32.1. The minimum atomic E-state index is 0.960. The summed E-state index contributed by atoms with van der Waals surface area (Å²) in [6, 6.07) is 8.81. The SMILES string of the molecule is CCc1ccc(CNCCCS)cc1. The van der Waals surface area contributed by atoms with Crippen molar-refractivity contribution < 1.29 is 0 Å². The van der Waals surface area contributed by atoms with Crippen LogP contribution < -0.4 is 5.32 Å². The molecule has 1 N–H and O–H groups in total. The number of hydrogen-bond acceptors (Lipinski definition) is 2. The highest BCUT2D eigenvalue weighted by Crippen LogP contribution is 2.04. The predicted octanol–water partition coefficient (Wildman–Crippen LogP) is 2.66. The monoisotopic (exact) mass is 209 g/mol. The number of aryl methyl sites for hydroxylation is 1. The third kappa shape index (κ3) is 4.16. The third-order valence-corrected chi connectivity index (χ3v) is 2.59. The Morgan fingerprint density at radius 1 is 1.14 bits per heavy atom. The third-order valence-electron chi connectivity index (χ3n) is 2.27. The van der Waals surface area contributed by atoms with Gasteiger partial charge in [0.15, 0.2) is 0 Å². The molecule has 0 amide bonds. The maximum Gasteiger partial charge on any atom is 0.0205 e. The van der Waals surface area contributed by atoms with Gasteiger partial charge in [-0.2, -0.15) is 12.6 Å². The maximum atomic E-state index is 4.17. The highest BCUT2D eigenvalue weighted by molar-refractivity contribution is 7.80. The number of thiol groups is 1. The largest absolute Gasteiger partial charge is 0.313 e. The Morgan fingerprint density at radius 2 is 1.79 bits per heavy atom. The van der Waals surface area contributed by atoms with E-state index in [1.54, 1.807) is 0 Å². The van der Waals surface area contributed by atoms with Crippen LogP contribution in [-0.4, -0.2) is 12.3 Å². The molecule has 14 heavy (non-hydrogen) atoms. The van der Waals surface area contributed by atoms with Gasteiger partial charge in [0.25, 0.3) is 0 Å². The van der Waals surface area contributed by atoms with Crippen molar-refractivity contribution in [3.8, 4) is 0 Å². The van der Waals surface area contributed by atoms with Crippen LogP contribution in [0, 0.1) is 0 Å². The highest BCUT2D eigenvalue weighted by Gasteiger charge is 1.92. The minimum absolute atomic E-state index is 0.960. The molecule has 0 fully saturated rings. The van der Waals surface area contributed by atoms with Crippen LogP contribution in [0.5, 0.6) is 0 Å². The maximum absolute atomic E-state index is 4.17. The fourth-order valence-corrected chi connectivity index (χ4v) is 1.49. The number of nitrogens with one attached hydrogen (secondary N) is 1. The molecule has 1 nitrogen and oxygen atoms in total. The number of rotatable bonds is 6. The van der Waals surface area contributed by atoms with Crippen LogP contribution in [-0.2, 0) is 13.0 Å². The molecule has 78 valence electrons. The smallest absolute Gasteiger partial charge is 0.0205 e. The van der Waals surface area contributed by atoms with Gasteiger partial charge in [-0.1, -0.05) is 31.2 Å². The Kier molecular flexibility index (Phi) is 5.72. The minimum Gasteiger partial charge on any atom is -0.313 e. The van der Waals surface area contributed by atoms with Crippen molar-refractivity contribution in [1.29, 1.82) is 0 Å². The average molecular weight is 209 g/mol. The molecule has 0 aliphatic heterocycles. The molecule has 0 saturated carbocycles. The zero-order valence-electron chi connectivity index (χ0n) is 8.79. The molecule has 0 aromatic heterocycles. The van der Waals surface area contributed by atoms with E-state index in [0.29, 0.717) is 0 Å². The molecule has 1 aromatic rings. The lowest BCUT2D eigenvalue weighted by Crippen LogP contribution is -2.14. The van der Waals surface area contributed by atoms with Crippen molar-refractivity contribution in [2.75, 3.05) is 12.3 Å². The van der Waals surface area contributed by atoms with Crippen LogP contribution in [0.25, 0.3) is 0 Å². The molecule has 2 heteroatoms. The molecule has 0 spiro atoms. The lowest BCUT2D eigenvalue weighted by atomic mass is 10.1. The molecule has 0 aliphatic rings. The van der Waals surface area contributed by atoms with E-state index in [0.717, 1.165) is 31.7 Å². The molecule has 0 aliphatic carbocycles. The molecule has 0 unspecified atom stereocenters. The first-order valence-corrected chi connectivity index (χ1v) is 5.89. The molecular weight excluding hydrogens is 190 g/mol. The molecule has 0 heterocycles. The first kappa shape index (κ1) is 11.6. The normalized spacial score (nSPS) is 10.4. The molecule has 0 radical (unpaired) electrons. The Balaban J connectivity index is 2.29. The first-order valence-electron chi connectivity index (χ1n) is 5.26. The topological polar surface area (TPSA) is 12.0 Å². The Labute approximate surface area is 92.3 Å². The zero-order chi connectivity index (χ0) is 10.2. The van der Waals surface area contributed by atoms with Crippen molar-refractivity contribution in [1.82, 2.24) is 5.32 Å². The predicted molar refractivity (Wildman–Crippen MR) is 66.0 cm³/mol. The van der Waals surface area contributed by atoms with Crippen LogP contribution in [0.3, 0.4) is 0 Å². The van der Waals surface area contributed by atoms with Crippen LogP contribution >= 0.6 is 12.6 Å². The second-order valence-corrected chi connectivity index (χ2v) is 3.87. The summed E-state index contributed by atoms with van der Waals surface area (Å²) >= 11 is 4.17. The van der Waals surface area contributed by atoms with Crippen molar-refractivity contribution in [2.45, 2.75) is 26.3 Å². The summed E-state index contributed by atoms with van der Waals surface area (Å²) < 4.78 is 0. The van der Waals surface area contributed by atoms with E-state index in [1.165, 1.54) is 11.1 Å². The van der Waals surface area contributed by atoms with Crippen molar-refractivity contribution >= 4 is 12.6 Å². The van der Waals surface area contributed by atoms with Crippen LogP contribution in [0.15, 0.2) is 24.3 Å². The lowest BCUT2D eigenvalue weighted by molar-refractivity contribution is 0.679. The average Bonchev–Trinajstić information content (AvgIpc) is 2.25. The van der Waals surface area contributed by atoms with Gasteiger partial charge in [-0.05, 0) is 36.3 Å². The van der Waals surface area contributed by atoms with Gasteiger partial charge in [-0.3, -0.25) is 0 Å². The van der Waals surface area contributed by atoms with Gasteiger partial charge in [0.05, 0.1) is 0 Å². The van der Waals surface area contributed by atoms with Crippen LogP contribution in [0.2, 0.25) is 0 Å². The zero-order valence-corrected chi connectivity index (χ0v) is 9.69. The Hall–Kier alpha value is -0.470. The van der Waals surface area contributed by atoms with E-state index in [2.05, 4.69) is 49.1 Å². The summed E-state index contributed by atoms with van der Waals surface area (Å²) in [5.74, 6) is 0.960. The second-order valence-electron chi connectivity index (χ2n) is 3.42. The van der Waals surface area contributed by atoms with Gasteiger partial charge in [-0.25, -0.2) is 0 Å². The lowest BCUT2D eigenvalue weighted by Gasteiger charge is -2.04. The second kappa shape index (κ2) is 6.91. The van der Waals surface area contributed by atoms with Gasteiger partial charge in [0, 0.05) is 6.54 Å². The van der Waals surface area contributed by atoms with E-state index >= 15 is 0 Å². The fourth-order valence-electron chi connectivity index (χ4n) is 1.33. The van der Waals surface area contributed by atoms with Crippen LogP contribution in [0.1, 0.15) is 24.5 Å².